The van der Waals surface area contributed by atoms with E-state index < -0.39 is 11.6 Å². The van der Waals surface area contributed by atoms with Crippen molar-refractivity contribution in [2.75, 3.05) is 0 Å². The summed E-state index contributed by atoms with van der Waals surface area (Å²) in [5.41, 5.74) is -0.273. The van der Waals surface area contributed by atoms with Gasteiger partial charge < -0.3 is 0 Å². The first kappa shape index (κ1) is 14.1. The molecule has 6 heteroatoms. The van der Waals surface area contributed by atoms with E-state index >= 15 is 0 Å². The van der Waals surface area contributed by atoms with Crippen molar-refractivity contribution in [2.24, 2.45) is 5.92 Å². The average Bonchev–Trinajstić information content (AvgIpc) is 2.32. The van der Waals surface area contributed by atoms with Crippen LogP contribution in [-0.2, 0) is 16.1 Å². The van der Waals surface area contributed by atoms with Gasteiger partial charge in [0.25, 0.3) is 0 Å². The highest BCUT2D eigenvalue weighted by molar-refractivity contribution is 9.10. The first-order chi connectivity index (χ1) is 8.90. The summed E-state index contributed by atoms with van der Waals surface area (Å²) in [6, 6.07) is 2.35. The van der Waals surface area contributed by atoms with Crippen LogP contribution in [0.1, 0.15) is 25.3 Å². The predicted octanol–water partition coefficient (Wildman–Crippen LogP) is 3.01. The summed E-state index contributed by atoms with van der Waals surface area (Å²) in [5.74, 6) is -2.34. The van der Waals surface area contributed by atoms with Crippen molar-refractivity contribution >= 4 is 27.7 Å². The van der Waals surface area contributed by atoms with Crippen molar-refractivity contribution < 1.29 is 18.4 Å². The topological polar surface area (TPSA) is 37.4 Å². The second-order valence-corrected chi connectivity index (χ2v) is 5.56. The maximum absolute atomic E-state index is 13.8. The highest BCUT2D eigenvalue weighted by Crippen LogP contribution is 2.26. The van der Waals surface area contributed by atoms with Crippen LogP contribution in [0.2, 0.25) is 0 Å². The lowest BCUT2D eigenvalue weighted by Gasteiger charge is -2.28. The largest absolute Gasteiger partial charge is 0.278 e. The lowest BCUT2D eigenvalue weighted by Crippen LogP contribution is -2.42. The maximum atomic E-state index is 13.8. The van der Waals surface area contributed by atoms with Gasteiger partial charge in [-0.05, 0) is 34.0 Å². The standard InChI is InChI=1S/C13H12BrF2NO2/c1-7-4-11(18)17(12(19)5-7)6-8-10(15)3-2-9(14)13(8)16/h2-3,7H,4-6H2,1H3. The van der Waals surface area contributed by atoms with E-state index in [0.29, 0.717) is 0 Å². The minimum Gasteiger partial charge on any atom is -0.278 e. The molecule has 0 unspecified atom stereocenters. The molecule has 102 valence electrons. The van der Waals surface area contributed by atoms with Crippen molar-refractivity contribution in [3.8, 4) is 0 Å². The minimum atomic E-state index is -0.778. The zero-order valence-electron chi connectivity index (χ0n) is 10.3. The summed E-state index contributed by atoms with van der Waals surface area (Å²) in [4.78, 5) is 24.5. The van der Waals surface area contributed by atoms with Crippen molar-refractivity contribution in [1.29, 1.82) is 0 Å². The Labute approximate surface area is 117 Å². The highest BCUT2D eigenvalue weighted by Gasteiger charge is 2.31. The van der Waals surface area contributed by atoms with Gasteiger partial charge in [0.1, 0.15) is 11.6 Å². The Bertz CT molecular complexity index is 530. The van der Waals surface area contributed by atoms with Crippen LogP contribution in [0.4, 0.5) is 8.78 Å². The number of imide groups is 1. The first-order valence-electron chi connectivity index (χ1n) is 5.85. The number of piperidine rings is 1. The van der Waals surface area contributed by atoms with E-state index in [1.165, 1.54) is 6.07 Å². The molecule has 1 aliphatic rings. The van der Waals surface area contributed by atoms with Crippen LogP contribution >= 0.6 is 15.9 Å². The van der Waals surface area contributed by atoms with Gasteiger partial charge in [0.15, 0.2) is 0 Å². The fourth-order valence-corrected chi connectivity index (χ4v) is 2.45. The molecule has 0 aromatic heterocycles. The van der Waals surface area contributed by atoms with Gasteiger partial charge in [-0.15, -0.1) is 0 Å². The van der Waals surface area contributed by atoms with Gasteiger partial charge in [-0.1, -0.05) is 6.92 Å². The van der Waals surface area contributed by atoms with E-state index in [0.717, 1.165) is 11.0 Å². The van der Waals surface area contributed by atoms with E-state index in [4.69, 9.17) is 0 Å². The Balaban J connectivity index is 2.29. The fourth-order valence-electron chi connectivity index (χ4n) is 2.08. The van der Waals surface area contributed by atoms with Crippen LogP contribution < -0.4 is 0 Å². The van der Waals surface area contributed by atoms with Gasteiger partial charge in [-0.25, -0.2) is 8.78 Å². The Morgan fingerprint density at radius 2 is 1.84 bits per heavy atom. The van der Waals surface area contributed by atoms with Crippen LogP contribution in [-0.4, -0.2) is 16.7 Å². The molecule has 3 nitrogen and oxygen atoms in total. The highest BCUT2D eigenvalue weighted by atomic mass is 79.9. The predicted molar refractivity (Wildman–Crippen MR) is 68.0 cm³/mol. The molecule has 0 radical (unpaired) electrons. The van der Waals surface area contributed by atoms with Gasteiger partial charge in [0.05, 0.1) is 11.0 Å². The summed E-state index contributed by atoms with van der Waals surface area (Å²) in [5, 5.41) is 0. The second-order valence-electron chi connectivity index (χ2n) is 4.71. The lowest BCUT2D eigenvalue weighted by atomic mass is 9.97. The smallest absolute Gasteiger partial charge is 0.229 e. The SMILES string of the molecule is CC1CC(=O)N(Cc2c(F)ccc(Br)c2F)C(=O)C1. The van der Waals surface area contributed by atoms with Gasteiger partial charge in [-0.3, -0.25) is 14.5 Å². The van der Waals surface area contributed by atoms with Crippen LogP contribution in [0.5, 0.6) is 0 Å². The summed E-state index contributed by atoms with van der Waals surface area (Å²) in [7, 11) is 0. The Morgan fingerprint density at radius 3 is 2.42 bits per heavy atom. The summed E-state index contributed by atoms with van der Waals surface area (Å²) >= 11 is 2.95. The molecule has 0 aliphatic carbocycles. The molecule has 1 aliphatic heterocycles. The summed E-state index contributed by atoms with van der Waals surface area (Å²) in [6.07, 6.45) is 0.450. The van der Waals surface area contributed by atoms with Crippen LogP contribution in [0.3, 0.4) is 0 Å². The molecule has 1 aromatic carbocycles. The number of rotatable bonds is 2. The molecular formula is C13H12BrF2NO2. The first-order valence-corrected chi connectivity index (χ1v) is 6.65. The number of amides is 2. The van der Waals surface area contributed by atoms with Gasteiger partial charge in [0, 0.05) is 18.4 Å². The zero-order valence-corrected chi connectivity index (χ0v) is 11.8. The quantitative estimate of drug-likeness (QED) is 0.617. The molecule has 1 aromatic rings. The van der Waals surface area contributed by atoms with E-state index in [1.54, 1.807) is 6.92 Å². The third-order valence-electron chi connectivity index (χ3n) is 3.10. The monoisotopic (exact) mass is 331 g/mol. The zero-order chi connectivity index (χ0) is 14.2. The summed E-state index contributed by atoms with van der Waals surface area (Å²) < 4.78 is 27.5. The van der Waals surface area contributed by atoms with Gasteiger partial charge in [-0.2, -0.15) is 0 Å². The lowest BCUT2D eigenvalue weighted by molar-refractivity contribution is -0.150. The van der Waals surface area contributed by atoms with Crippen molar-refractivity contribution in [3.63, 3.8) is 0 Å². The number of carbonyl (C=O) groups excluding carboxylic acids is 2. The number of halogens is 3. The maximum Gasteiger partial charge on any atom is 0.229 e. The van der Waals surface area contributed by atoms with Gasteiger partial charge in [0.2, 0.25) is 11.8 Å². The van der Waals surface area contributed by atoms with E-state index in [9.17, 15) is 18.4 Å². The third-order valence-corrected chi connectivity index (χ3v) is 3.72. The van der Waals surface area contributed by atoms with Crippen LogP contribution in [0, 0.1) is 17.6 Å². The molecule has 19 heavy (non-hydrogen) atoms. The number of likely N-dealkylation sites (tertiary alicyclic amines) is 1. The minimum absolute atomic E-state index is 0.0200. The number of carbonyl (C=O) groups is 2. The molecule has 0 atom stereocenters. The molecule has 1 saturated heterocycles. The molecule has 0 N–H and O–H groups in total. The van der Waals surface area contributed by atoms with E-state index in [-0.39, 0.29) is 47.2 Å². The van der Waals surface area contributed by atoms with Crippen LogP contribution in [0.15, 0.2) is 16.6 Å². The van der Waals surface area contributed by atoms with Crippen molar-refractivity contribution in [2.45, 2.75) is 26.3 Å². The number of hydrogen-bond acceptors (Lipinski definition) is 2. The van der Waals surface area contributed by atoms with E-state index in [2.05, 4.69) is 15.9 Å². The third kappa shape index (κ3) is 2.83. The summed E-state index contributed by atoms with van der Waals surface area (Å²) in [6.45, 7) is 1.44. The Hall–Kier alpha value is -1.30. The second kappa shape index (κ2) is 5.36. The van der Waals surface area contributed by atoms with Crippen molar-refractivity contribution in [1.82, 2.24) is 4.90 Å². The number of hydrogen-bond donors (Lipinski definition) is 0. The number of nitrogens with zero attached hydrogens (tertiary/aromatic N) is 1. The van der Waals surface area contributed by atoms with Crippen LogP contribution in [0.25, 0.3) is 0 Å². The van der Waals surface area contributed by atoms with E-state index in [1.807, 2.05) is 0 Å². The molecular weight excluding hydrogens is 320 g/mol. The normalized spacial score (nSPS) is 17.2. The molecule has 1 heterocycles. The molecule has 1 fully saturated rings. The molecule has 0 bridgehead atoms. The molecule has 2 amide bonds. The molecule has 0 spiro atoms. The Kier molecular flexibility index (Phi) is 3.99. The Morgan fingerprint density at radius 1 is 1.26 bits per heavy atom. The fraction of sp³-hybridized carbons (Fsp3) is 0.385. The van der Waals surface area contributed by atoms with Gasteiger partial charge >= 0.3 is 0 Å². The number of benzene rings is 1. The molecule has 0 saturated carbocycles. The average molecular weight is 332 g/mol. The van der Waals surface area contributed by atoms with Crippen molar-refractivity contribution in [3.05, 3.63) is 33.8 Å². The molecule has 2 rings (SSSR count).